The topological polar surface area (TPSA) is 64.5 Å². The lowest BCUT2D eigenvalue weighted by atomic mass is 10.1. The summed E-state index contributed by atoms with van der Waals surface area (Å²) in [5.74, 6) is -0.0598. The van der Waals surface area contributed by atoms with Gasteiger partial charge in [0.1, 0.15) is 12.3 Å². The molecule has 0 N–H and O–H groups in total. The van der Waals surface area contributed by atoms with Crippen molar-refractivity contribution in [1.29, 1.82) is 0 Å². The van der Waals surface area contributed by atoms with E-state index in [1.54, 1.807) is 17.2 Å². The smallest absolute Gasteiger partial charge is 0.253 e. The molecule has 1 fully saturated rings. The molecule has 2 heterocycles. The molecule has 0 atom stereocenters. The van der Waals surface area contributed by atoms with E-state index in [0.717, 1.165) is 11.7 Å². The van der Waals surface area contributed by atoms with Gasteiger partial charge in [0.2, 0.25) is 5.88 Å². The van der Waals surface area contributed by atoms with Crippen molar-refractivity contribution in [3.05, 3.63) is 35.8 Å². The fourth-order valence-corrected chi connectivity index (χ4v) is 2.89. The van der Waals surface area contributed by atoms with Crippen molar-refractivity contribution in [3.8, 4) is 11.6 Å². The number of hydrogen-bond acceptors (Lipinski definition) is 6. The van der Waals surface area contributed by atoms with Gasteiger partial charge in [-0.25, -0.2) is 4.39 Å². The van der Waals surface area contributed by atoms with Crippen molar-refractivity contribution in [2.75, 3.05) is 20.2 Å². The molecule has 6 nitrogen and oxygen atoms in total. The van der Waals surface area contributed by atoms with Crippen LogP contribution in [-0.4, -0.2) is 45.9 Å². The third-order valence-electron chi connectivity index (χ3n) is 3.76. The number of methoxy groups -OCH3 is 1. The standard InChI is InChI=1S/C15H16FN3O3S/c1-21-13-3-2-10(8-12(13)16)15(20)19-6-4-11(5-7-19)22-14-9-17-23-18-14/h2-3,8-9,11H,4-7H2,1H3. The van der Waals surface area contributed by atoms with Crippen molar-refractivity contribution in [2.45, 2.75) is 18.9 Å². The van der Waals surface area contributed by atoms with Crippen molar-refractivity contribution in [3.63, 3.8) is 0 Å². The Kier molecular flexibility index (Phi) is 4.71. The summed E-state index contributed by atoms with van der Waals surface area (Å²) in [6.07, 6.45) is 3.03. The van der Waals surface area contributed by atoms with Gasteiger partial charge < -0.3 is 14.4 Å². The SMILES string of the molecule is COc1ccc(C(=O)N2CCC(Oc3cnsn3)CC2)cc1F. The summed E-state index contributed by atoms with van der Waals surface area (Å²) in [5, 5.41) is 0. The molecule has 1 aromatic heterocycles. The van der Waals surface area contributed by atoms with E-state index in [9.17, 15) is 9.18 Å². The lowest BCUT2D eigenvalue weighted by Gasteiger charge is -2.31. The Bertz CT molecular complexity index is 673. The summed E-state index contributed by atoms with van der Waals surface area (Å²) in [6.45, 7) is 1.13. The molecule has 1 amide bonds. The highest BCUT2D eigenvalue weighted by Crippen LogP contribution is 2.22. The number of halogens is 1. The molecule has 2 aromatic rings. The number of amides is 1. The zero-order valence-electron chi connectivity index (χ0n) is 12.6. The average Bonchev–Trinajstić information content (AvgIpc) is 3.08. The van der Waals surface area contributed by atoms with Gasteiger partial charge in [0.25, 0.3) is 5.91 Å². The van der Waals surface area contributed by atoms with Crippen LogP contribution >= 0.6 is 11.7 Å². The van der Waals surface area contributed by atoms with Gasteiger partial charge in [-0.15, -0.1) is 4.37 Å². The molecule has 3 rings (SSSR count). The van der Waals surface area contributed by atoms with Gasteiger partial charge in [0.15, 0.2) is 11.6 Å². The average molecular weight is 337 g/mol. The second-order valence-corrected chi connectivity index (χ2v) is 5.76. The minimum Gasteiger partial charge on any atom is -0.494 e. The number of benzene rings is 1. The van der Waals surface area contributed by atoms with Crippen LogP contribution in [0.15, 0.2) is 24.4 Å². The van der Waals surface area contributed by atoms with Gasteiger partial charge in [0.05, 0.1) is 18.8 Å². The van der Waals surface area contributed by atoms with Gasteiger partial charge in [-0.1, -0.05) is 0 Å². The summed E-state index contributed by atoms with van der Waals surface area (Å²) in [6, 6.07) is 4.26. The molecule has 1 aliphatic heterocycles. The zero-order valence-corrected chi connectivity index (χ0v) is 13.4. The van der Waals surface area contributed by atoms with E-state index >= 15 is 0 Å². The van der Waals surface area contributed by atoms with E-state index < -0.39 is 5.82 Å². The molecular formula is C15H16FN3O3S. The second kappa shape index (κ2) is 6.91. The molecule has 0 aliphatic carbocycles. The number of aromatic nitrogens is 2. The fourth-order valence-electron chi connectivity index (χ4n) is 2.54. The van der Waals surface area contributed by atoms with E-state index in [0.29, 0.717) is 37.4 Å². The minimum absolute atomic E-state index is 0.0237. The number of ether oxygens (including phenoxy) is 2. The maximum atomic E-state index is 13.7. The van der Waals surface area contributed by atoms with E-state index in [4.69, 9.17) is 9.47 Å². The van der Waals surface area contributed by atoms with Gasteiger partial charge in [-0.3, -0.25) is 4.79 Å². The Morgan fingerprint density at radius 2 is 2.17 bits per heavy atom. The summed E-state index contributed by atoms with van der Waals surface area (Å²) in [7, 11) is 1.39. The normalized spacial score (nSPS) is 15.5. The molecule has 0 bridgehead atoms. The van der Waals surface area contributed by atoms with Crippen LogP contribution in [0.4, 0.5) is 4.39 Å². The highest BCUT2D eigenvalue weighted by molar-refractivity contribution is 6.99. The summed E-state index contributed by atoms with van der Waals surface area (Å²) < 4.78 is 32.2. The van der Waals surface area contributed by atoms with Crippen molar-refractivity contribution >= 4 is 17.6 Å². The van der Waals surface area contributed by atoms with Crippen molar-refractivity contribution in [2.24, 2.45) is 0 Å². The second-order valence-electron chi connectivity index (χ2n) is 5.20. The Hall–Kier alpha value is -2.22. The summed E-state index contributed by atoms with van der Waals surface area (Å²) in [5.41, 5.74) is 0.325. The Labute approximate surface area is 137 Å². The first-order valence-electron chi connectivity index (χ1n) is 7.24. The highest BCUT2D eigenvalue weighted by Gasteiger charge is 2.25. The van der Waals surface area contributed by atoms with Gasteiger partial charge >= 0.3 is 0 Å². The molecular weight excluding hydrogens is 321 g/mol. The fraction of sp³-hybridized carbons (Fsp3) is 0.400. The molecule has 1 saturated heterocycles. The quantitative estimate of drug-likeness (QED) is 0.857. The number of piperidine rings is 1. The molecule has 122 valence electrons. The molecule has 1 aliphatic rings. The van der Waals surface area contributed by atoms with E-state index in [2.05, 4.69) is 8.75 Å². The first-order valence-corrected chi connectivity index (χ1v) is 7.97. The van der Waals surface area contributed by atoms with Gasteiger partial charge in [-0.2, -0.15) is 4.37 Å². The largest absolute Gasteiger partial charge is 0.494 e. The number of nitrogens with zero attached hydrogens (tertiary/aromatic N) is 3. The van der Waals surface area contributed by atoms with Crippen LogP contribution in [0.25, 0.3) is 0 Å². The number of likely N-dealkylation sites (tertiary alicyclic amines) is 1. The molecule has 1 aromatic carbocycles. The van der Waals surface area contributed by atoms with E-state index in [1.165, 1.54) is 19.2 Å². The van der Waals surface area contributed by atoms with Crippen LogP contribution < -0.4 is 9.47 Å². The van der Waals surface area contributed by atoms with Crippen molar-refractivity contribution < 1.29 is 18.7 Å². The number of hydrogen-bond donors (Lipinski definition) is 0. The molecule has 0 spiro atoms. The van der Waals surface area contributed by atoms with Crippen LogP contribution in [-0.2, 0) is 0 Å². The van der Waals surface area contributed by atoms with Crippen molar-refractivity contribution in [1.82, 2.24) is 13.6 Å². The first kappa shape index (κ1) is 15.7. The molecule has 0 radical (unpaired) electrons. The van der Waals surface area contributed by atoms with E-state index in [1.807, 2.05) is 0 Å². The Morgan fingerprint density at radius 1 is 1.39 bits per heavy atom. The predicted octanol–water partition coefficient (Wildman–Crippen LogP) is 2.37. The number of carbonyl (C=O) groups is 1. The molecule has 23 heavy (non-hydrogen) atoms. The van der Waals surface area contributed by atoms with Crippen LogP contribution in [0.5, 0.6) is 11.6 Å². The molecule has 0 unspecified atom stereocenters. The predicted molar refractivity (Wildman–Crippen MR) is 82.4 cm³/mol. The third kappa shape index (κ3) is 3.58. The molecule has 8 heteroatoms. The zero-order chi connectivity index (χ0) is 16.2. The monoisotopic (exact) mass is 337 g/mol. The lowest BCUT2D eigenvalue weighted by molar-refractivity contribution is 0.0589. The Morgan fingerprint density at radius 3 is 2.78 bits per heavy atom. The van der Waals surface area contributed by atoms with Crippen LogP contribution in [0, 0.1) is 5.82 Å². The van der Waals surface area contributed by atoms with Gasteiger partial charge in [0, 0.05) is 31.5 Å². The third-order valence-corrected chi connectivity index (χ3v) is 4.22. The summed E-state index contributed by atoms with van der Waals surface area (Å²) >= 11 is 1.10. The molecule has 0 saturated carbocycles. The minimum atomic E-state index is -0.535. The maximum Gasteiger partial charge on any atom is 0.253 e. The highest BCUT2D eigenvalue weighted by atomic mass is 32.1. The first-order chi connectivity index (χ1) is 11.2. The summed E-state index contributed by atoms with van der Waals surface area (Å²) in [4.78, 5) is 14.1. The van der Waals surface area contributed by atoms with Crippen LogP contribution in [0.3, 0.4) is 0 Å². The van der Waals surface area contributed by atoms with Gasteiger partial charge in [-0.05, 0) is 18.2 Å². The lowest BCUT2D eigenvalue weighted by Crippen LogP contribution is -2.41. The number of rotatable bonds is 4. The van der Waals surface area contributed by atoms with Crippen LogP contribution in [0.2, 0.25) is 0 Å². The maximum absolute atomic E-state index is 13.7. The number of carbonyl (C=O) groups excluding carboxylic acids is 1. The van der Waals surface area contributed by atoms with Crippen LogP contribution in [0.1, 0.15) is 23.2 Å². The Balaban J connectivity index is 1.58. The van der Waals surface area contributed by atoms with E-state index in [-0.39, 0.29) is 17.8 Å².